The summed E-state index contributed by atoms with van der Waals surface area (Å²) in [6.07, 6.45) is 10.2. The van der Waals surface area contributed by atoms with Crippen molar-refractivity contribution in [3.63, 3.8) is 0 Å². The van der Waals surface area contributed by atoms with Gasteiger partial charge in [-0.3, -0.25) is 0 Å². The van der Waals surface area contributed by atoms with Gasteiger partial charge in [0.15, 0.2) is 0 Å². The number of rotatable bonds is 7. The molecule has 0 nitrogen and oxygen atoms in total. The highest BCUT2D eigenvalue weighted by Crippen LogP contribution is 2.47. The predicted octanol–water partition coefficient (Wildman–Crippen LogP) is 5.55. The highest BCUT2D eigenvalue weighted by Gasteiger charge is 2.20. The van der Waals surface area contributed by atoms with Crippen molar-refractivity contribution >= 4 is 14.5 Å². The van der Waals surface area contributed by atoms with Crippen LogP contribution in [0.1, 0.15) is 45.4 Å². The zero-order valence-electron chi connectivity index (χ0n) is 11.5. The van der Waals surface area contributed by atoms with E-state index in [9.17, 15) is 17.3 Å². The van der Waals surface area contributed by atoms with E-state index in [4.69, 9.17) is 0 Å². The Kier molecular flexibility index (Phi) is 11.7. The van der Waals surface area contributed by atoms with Crippen molar-refractivity contribution in [3.8, 4) is 0 Å². The van der Waals surface area contributed by atoms with Crippen LogP contribution in [0.15, 0.2) is 0 Å². The Morgan fingerprint density at radius 1 is 0.765 bits per heavy atom. The standard InChI is InChI=1S/C11H26P.BF4/c1-5-6-7-8-9-10-11-12(2,3)4;2-1(3,4)5/h5-11H2,1-4H3;/q+1;-1. The van der Waals surface area contributed by atoms with E-state index in [1.54, 1.807) is 0 Å². The molecule has 0 fully saturated rings. The van der Waals surface area contributed by atoms with Crippen LogP contribution in [0, 0.1) is 0 Å². The minimum Gasteiger partial charge on any atom is -0.418 e. The van der Waals surface area contributed by atoms with E-state index < -0.39 is 14.5 Å². The minimum atomic E-state index is -6.00. The average molecular weight is 276 g/mol. The number of hydrogen-bond donors (Lipinski definition) is 0. The molecule has 0 aliphatic heterocycles. The van der Waals surface area contributed by atoms with Crippen LogP contribution in [0.25, 0.3) is 0 Å². The number of hydrogen-bond acceptors (Lipinski definition) is 0. The van der Waals surface area contributed by atoms with Crippen LogP contribution in [-0.4, -0.2) is 33.4 Å². The Balaban J connectivity index is 0. The van der Waals surface area contributed by atoms with Gasteiger partial charge in [0.1, 0.15) is 0 Å². The van der Waals surface area contributed by atoms with Crippen LogP contribution in [-0.2, 0) is 0 Å². The molecule has 0 saturated heterocycles. The van der Waals surface area contributed by atoms with E-state index in [1.165, 1.54) is 44.7 Å². The zero-order valence-corrected chi connectivity index (χ0v) is 12.4. The molecule has 106 valence electrons. The van der Waals surface area contributed by atoms with E-state index in [-0.39, 0.29) is 0 Å². The van der Waals surface area contributed by atoms with Gasteiger partial charge in [-0.1, -0.05) is 32.6 Å². The summed E-state index contributed by atoms with van der Waals surface area (Å²) < 4.78 is 39.0. The van der Waals surface area contributed by atoms with Crippen molar-refractivity contribution in [1.29, 1.82) is 0 Å². The summed E-state index contributed by atoms with van der Waals surface area (Å²) >= 11 is 0. The second-order valence-electron chi connectivity index (χ2n) is 5.28. The van der Waals surface area contributed by atoms with Crippen LogP contribution in [0.3, 0.4) is 0 Å². The second kappa shape index (κ2) is 10.2. The summed E-state index contributed by atoms with van der Waals surface area (Å²) in [6, 6.07) is 0. The molecule has 0 unspecified atom stereocenters. The third-order valence-corrected chi connectivity index (χ3v) is 3.84. The molecule has 0 aliphatic carbocycles. The highest BCUT2D eigenvalue weighted by molar-refractivity contribution is 7.73. The lowest BCUT2D eigenvalue weighted by Crippen LogP contribution is -2.02. The lowest BCUT2D eigenvalue weighted by Gasteiger charge is -2.10. The Hall–Kier alpha value is 0.215. The largest absolute Gasteiger partial charge is 0.673 e. The summed E-state index contributed by atoms with van der Waals surface area (Å²) in [7, 11) is -6.47. The topological polar surface area (TPSA) is 0 Å². The third kappa shape index (κ3) is 38.6. The summed E-state index contributed by atoms with van der Waals surface area (Å²) in [5, 5.41) is 0. The van der Waals surface area contributed by atoms with Gasteiger partial charge in [0.25, 0.3) is 0 Å². The van der Waals surface area contributed by atoms with Crippen LogP contribution >= 0.6 is 7.26 Å². The van der Waals surface area contributed by atoms with Crippen LogP contribution in [0.2, 0.25) is 0 Å². The zero-order chi connectivity index (χ0) is 13.9. The average Bonchev–Trinajstić information content (AvgIpc) is 2.06. The maximum Gasteiger partial charge on any atom is 0.673 e. The molecule has 0 heterocycles. The van der Waals surface area contributed by atoms with Crippen molar-refractivity contribution in [1.82, 2.24) is 0 Å². The molecule has 0 aromatic heterocycles. The molecule has 0 spiro atoms. The van der Waals surface area contributed by atoms with Crippen molar-refractivity contribution in [2.75, 3.05) is 26.2 Å². The van der Waals surface area contributed by atoms with Crippen molar-refractivity contribution in [2.24, 2.45) is 0 Å². The molecule has 0 atom stereocenters. The van der Waals surface area contributed by atoms with E-state index in [2.05, 4.69) is 26.9 Å². The van der Waals surface area contributed by atoms with Crippen LogP contribution in [0.5, 0.6) is 0 Å². The van der Waals surface area contributed by atoms with E-state index in [0.717, 1.165) is 0 Å². The van der Waals surface area contributed by atoms with E-state index >= 15 is 0 Å². The summed E-state index contributed by atoms with van der Waals surface area (Å²) in [6.45, 7) is 9.61. The SMILES string of the molecule is CCCCCCCC[P+](C)(C)C.F[B-](F)(F)F. The van der Waals surface area contributed by atoms with Crippen LogP contribution < -0.4 is 0 Å². The van der Waals surface area contributed by atoms with Gasteiger partial charge < -0.3 is 17.3 Å². The Labute approximate surface area is 104 Å². The molecule has 0 aromatic carbocycles. The Bertz CT molecular complexity index is 160. The fourth-order valence-corrected chi connectivity index (χ4v) is 2.54. The monoisotopic (exact) mass is 276 g/mol. The molecule has 0 bridgehead atoms. The fraction of sp³-hybridized carbons (Fsp3) is 1.00. The first-order chi connectivity index (χ1) is 7.56. The van der Waals surface area contributed by atoms with E-state index in [0.29, 0.717) is 0 Å². The quantitative estimate of drug-likeness (QED) is 0.247. The lowest BCUT2D eigenvalue weighted by atomic mass is 10.1. The molecule has 17 heavy (non-hydrogen) atoms. The van der Waals surface area contributed by atoms with Crippen molar-refractivity contribution < 1.29 is 17.3 Å². The van der Waals surface area contributed by atoms with Gasteiger partial charge in [0, 0.05) is 27.3 Å². The summed E-state index contributed by atoms with van der Waals surface area (Å²) in [4.78, 5) is 0. The molecule has 0 aliphatic rings. The van der Waals surface area contributed by atoms with Crippen molar-refractivity contribution in [3.05, 3.63) is 0 Å². The Morgan fingerprint density at radius 3 is 1.47 bits per heavy atom. The first-order valence-electron chi connectivity index (χ1n) is 6.24. The first kappa shape index (κ1) is 19.6. The van der Waals surface area contributed by atoms with Gasteiger partial charge in [0.05, 0.1) is 6.16 Å². The lowest BCUT2D eigenvalue weighted by molar-refractivity contribution is 0.368. The van der Waals surface area contributed by atoms with Crippen LogP contribution in [0.4, 0.5) is 17.3 Å². The van der Waals surface area contributed by atoms with E-state index in [1.807, 2.05) is 0 Å². The molecule has 0 N–H and O–H groups in total. The smallest absolute Gasteiger partial charge is 0.418 e. The molecular formula is C11H26BF4P. The molecular weight excluding hydrogens is 250 g/mol. The first-order valence-corrected chi connectivity index (χ1v) is 9.55. The highest BCUT2D eigenvalue weighted by atomic mass is 31.2. The van der Waals surface area contributed by atoms with Crippen molar-refractivity contribution in [2.45, 2.75) is 45.4 Å². The Morgan fingerprint density at radius 2 is 1.12 bits per heavy atom. The summed E-state index contributed by atoms with van der Waals surface area (Å²) in [5.41, 5.74) is 0. The normalized spacial score (nSPS) is 12.0. The van der Waals surface area contributed by atoms with Gasteiger partial charge in [-0.15, -0.1) is 0 Å². The second-order valence-corrected chi connectivity index (χ2v) is 10.3. The predicted molar refractivity (Wildman–Crippen MR) is 73.1 cm³/mol. The fourth-order valence-electron chi connectivity index (χ4n) is 1.37. The maximum absolute atomic E-state index is 9.75. The van der Waals surface area contributed by atoms with Gasteiger partial charge in [-0.2, -0.15) is 0 Å². The molecule has 0 rings (SSSR count). The molecule has 6 heteroatoms. The molecule has 0 aromatic rings. The molecule has 0 radical (unpaired) electrons. The maximum atomic E-state index is 9.75. The van der Waals surface area contributed by atoms with Gasteiger partial charge in [0.2, 0.25) is 0 Å². The molecule has 0 amide bonds. The minimum absolute atomic E-state index is 0.471. The number of unbranched alkanes of at least 4 members (excludes halogenated alkanes) is 5. The summed E-state index contributed by atoms with van der Waals surface area (Å²) in [5.74, 6) is 0. The van der Waals surface area contributed by atoms with Gasteiger partial charge >= 0.3 is 7.25 Å². The van der Waals surface area contributed by atoms with Gasteiger partial charge in [-0.05, 0) is 12.8 Å². The van der Waals surface area contributed by atoms with Gasteiger partial charge in [-0.25, -0.2) is 0 Å². The number of halogens is 4. The molecule has 0 saturated carbocycles. The third-order valence-electron chi connectivity index (χ3n) is 2.18.